The minimum atomic E-state index is 0.307. The number of allylic oxidation sites excluding steroid dienone is 6. The summed E-state index contributed by atoms with van der Waals surface area (Å²) >= 11 is 0. The van der Waals surface area contributed by atoms with Gasteiger partial charge in [-0.3, -0.25) is 4.99 Å². The number of aliphatic imine (C=N–C) groups is 1. The van der Waals surface area contributed by atoms with E-state index in [9.17, 15) is 0 Å². The lowest BCUT2D eigenvalue weighted by atomic mass is 9.97. The number of rotatable bonds is 6. The second-order valence-electron chi connectivity index (χ2n) is 4.19. The average molecular weight is 254 g/mol. The Hall–Kier alpha value is -2.09. The van der Waals surface area contributed by atoms with Gasteiger partial charge in [0.1, 0.15) is 5.84 Å². The first-order chi connectivity index (χ1) is 9.22. The highest BCUT2D eigenvalue weighted by Crippen LogP contribution is 2.18. The van der Waals surface area contributed by atoms with Crippen LogP contribution in [0.3, 0.4) is 0 Å². The van der Waals surface area contributed by atoms with Gasteiger partial charge in [-0.15, -0.1) is 0 Å². The van der Waals surface area contributed by atoms with Gasteiger partial charge in [0, 0.05) is 23.7 Å². The van der Waals surface area contributed by atoms with E-state index in [1.807, 2.05) is 19.1 Å². The fourth-order valence-corrected chi connectivity index (χ4v) is 1.82. The highest BCUT2D eigenvalue weighted by Gasteiger charge is 2.12. The Bertz CT molecular complexity index is 462. The van der Waals surface area contributed by atoms with Gasteiger partial charge in [-0.05, 0) is 13.3 Å². The third kappa shape index (κ3) is 4.59. The molecule has 0 bridgehead atoms. The van der Waals surface area contributed by atoms with Gasteiger partial charge in [-0.1, -0.05) is 62.3 Å². The van der Waals surface area contributed by atoms with Gasteiger partial charge < -0.3 is 5.32 Å². The van der Waals surface area contributed by atoms with E-state index in [4.69, 9.17) is 0 Å². The molecule has 0 spiro atoms. The number of hydrogen-bond acceptors (Lipinski definition) is 1. The zero-order valence-corrected chi connectivity index (χ0v) is 11.6. The molecule has 0 fully saturated rings. The average Bonchev–Trinajstić information content (AvgIpc) is 2.45. The van der Waals surface area contributed by atoms with Crippen molar-refractivity contribution in [3.63, 3.8) is 0 Å². The van der Waals surface area contributed by atoms with Gasteiger partial charge in [0.15, 0.2) is 0 Å². The molecular weight excluding hydrogens is 232 g/mol. The molecule has 2 heteroatoms. The van der Waals surface area contributed by atoms with Crippen molar-refractivity contribution in [1.82, 2.24) is 5.32 Å². The van der Waals surface area contributed by atoms with Crippen LogP contribution in [0.4, 0.5) is 0 Å². The summed E-state index contributed by atoms with van der Waals surface area (Å²) in [4.78, 5) is 4.46. The topological polar surface area (TPSA) is 24.4 Å². The van der Waals surface area contributed by atoms with Crippen LogP contribution < -0.4 is 5.32 Å². The van der Waals surface area contributed by atoms with Crippen LogP contribution in [-0.2, 0) is 0 Å². The zero-order chi connectivity index (χ0) is 14.1. The summed E-state index contributed by atoms with van der Waals surface area (Å²) in [6, 6.07) is 0. The maximum absolute atomic E-state index is 4.46. The van der Waals surface area contributed by atoms with Gasteiger partial charge in [-0.2, -0.15) is 0 Å². The SMILES string of the molecule is C=C/C=C(\C=C)C(=NCC)NC(=C)C1C=CC=CC1. The summed E-state index contributed by atoms with van der Waals surface area (Å²) in [5.41, 5.74) is 1.87. The second-order valence-corrected chi connectivity index (χ2v) is 4.19. The maximum Gasteiger partial charge on any atom is 0.132 e. The minimum Gasteiger partial charge on any atom is -0.344 e. The normalized spacial score (nSPS) is 19.1. The van der Waals surface area contributed by atoms with E-state index in [1.165, 1.54) is 0 Å². The molecule has 2 nitrogen and oxygen atoms in total. The van der Waals surface area contributed by atoms with Gasteiger partial charge >= 0.3 is 0 Å². The van der Waals surface area contributed by atoms with Gasteiger partial charge in [0.2, 0.25) is 0 Å². The lowest BCUT2D eigenvalue weighted by Crippen LogP contribution is -2.27. The molecule has 1 N–H and O–H groups in total. The van der Waals surface area contributed by atoms with Crippen molar-refractivity contribution < 1.29 is 0 Å². The molecule has 0 aromatic carbocycles. The standard InChI is InChI=1S/C17H22N2/c1-5-11-15(6-2)17(18-7-3)19-14(4)16-12-9-8-10-13-16/h5-6,8-12,16H,1-2,4,7,13H2,3H3,(H,18,19)/b15-11+. The van der Waals surface area contributed by atoms with Crippen molar-refractivity contribution in [1.29, 1.82) is 0 Å². The molecule has 1 aliphatic rings. The first-order valence-corrected chi connectivity index (χ1v) is 6.52. The van der Waals surface area contributed by atoms with E-state index in [0.717, 1.165) is 23.5 Å². The van der Waals surface area contributed by atoms with Crippen molar-refractivity contribution in [2.45, 2.75) is 13.3 Å². The van der Waals surface area contributed by atoms with Crippen molar-refractivity contribution >= 4 is 5.84 Å². The Morgan fingerprint density at radius 1 is 1.42 bits per heavy atom. The molecule has 0 radical (unpaired) electrons. The Morgan fingerprint density at radius 3 is 2.74 bits per heavy atom. The van der Waals surface area contributed by atoms with Gasteiger partial charge in [0.05, 0.1) is 0 Å². The fraction of sp³-hybridized carbons (Fsp3) is 0.235. The van der Waals surface area contributed by atoms with Gasteiger partial charge in [-0.25, -0.2) is 0 Å². The van der Waals surface area contributed by atoms with Crippen LogP contribution in [0.5, 0.6) is 0 Å². The summed E-state index contributed by atoms with van der Waals surface area (Å²) in [6.45, 7) is 14.3. The molecule has 0 aliphatic heterocycles. The zero-order valence-electron chi connectivity index (χ0n) is 11.6. The molecule has 1 rings (SSSR count). The molecule has 0 aromatic heterocycles. The minimum absolute atomic E-state index is 0.307. The fourth-order valence-electron chi connectivity index (χ4n) is 1.82. The lowest BCUT2D eigenvalue weighted by molar-refractivity contribution is 0.730. The van der Waals surface area contributed by atoms with Crippen LogP contribution in [0.2, 0.25) is 0 Å². The highest BCUT2D eigenvalue weighted by atomic mass is 15.0. The van der Waals surface area contributed by atoms with E-state index in [0.29, 0.717) is 12.5 Å². The number of nitrogens with one attached hydrogen (secondary N) is 1. The van der Waals surface area contributed by atoms with Crippen LogP contribution in [0, 0.1) is 5.92 Å². The first kappa shape index (κ1) is 15.0. The largest absolute Gasteiger partial charge is 0.344 e. The van der Waals surface area contributed by atoms with Crippen molar-refractivity contribution in [3.05, 3.63) is 73.5 Å². The number of amidine groups is 1. The van der Waals surface area contributed by atoms with Crippen LogP contribution in [0.15, 0.2) is 78.5 Å². The summed E-state index contributed by atoms with van der Waals surface area (Å²) in [6.07, 6.45) is 14.7. The number of nitrogens with zero attached hydrogens (tertiary/aromatic N) is 1. The predicted octanol–water partition coefficient (Wildman–Crippen LogP) is 3.94. The van der Waals surface area contributed by atoms with Crippen LogP contribution in [-0.4, -0.2) is 12.4 Å². The monoisotopic (exact) mass is 254 g/mol. The van der Waals surface area contributed by atoms with Crippen molar-refractivity contribution in [2.24, 2.45) is 10.9 Å². The molecule has 1 unspecified atom stereocenters. The smallest absolute Gasteiger partial charge is 0.132 e. The predicted molar refractivity (Wildman–Crippen MR) is 85.1 cm³/mol. The molecule has 1 aliphatic carbocycles. The van der Waals surface area contributed by atoms with Crippen molar-refractivity contribution in [2.75, 3.05) is 6.54 Å². The Kier molecular flexibility index (Phi) is 6.37. The van der Waals surface area contributed by atoms with E-state index >= 15 is 0 Å². The van der Waals surface area contributed by atoms with Crippen LogP contribution in [0.1, 0.15) is 13.3 Å². The molecule has 1 atom stereocenters. The van der Waals surface area contributed by atoms with Crippen LogP contribution >= 0.6 is 0 Å². The van der Waals surface area contributed by atoms with E-state index in [2.05, 4.69) is 48.3 Å². The third-order valence-corrected chi connectivity index (χ3v) is 2.81. The van der Waals surface area contributed by atoms with E-state index in [1.54, 1.807) is 12.2 Å². The quantitative estimate of drug-likeness (QED) is 0.433. The molecule has 19 heavy (non-hydrogen) atoms. The van der Waals surface area contributed by atoms with E-state index < -0.39 is 0 Å². The maximum atomic E-state index is 4.46. The summed E-state index contributed by atoms with van der Waals surface area (Å²) in [5, 5.41) is 3.31. The first-order valence-electron chi connectivity index (χ1n) is 6.52. The Labute approximate surface area is 116 Å². The molecule has 100 valence electrons. The van der Waals surface area contributed by atoms with Crippen LogP contribution in [0.25, 0.3) is 0 Å². The molecule has 0 saturated carbocycles. The summed E-state index contributed by atoms with van der Waals surface area (Å²) < 4.78 is 0. The molecule has 0 saturated heterocycles. The highest BCUT2D eigenvalue weighted by molar-refractivity contribution is 6.01. The Balaban J connectivity index is 2.82. The molecule has 0 aromatic rings. The lowest BCUT2D eigenvalue weighted by Gasteiger charge is -2.19. The second kappa shape index (κ2) is 8.09. The third-order valence-electron chi connectivity index (χ3n) is 2.81. The molecule has 0 heterocycles. The summed E-state index contributed by atoms with van der Waals surface area (Å²) in [7, 11) is 0. The Morgan fingerprint density at radius 2 is 2.21 bits per heavy atom. The van der Waals surface area contributed by atoms with Gasteiger partial charge in [0.25, 0.3) is 0 Å². The van der Waals surface area contributed by atoms with Crippen molar-refractivity contribution in [3.8, 4) is 0 Å². The molecule has 0 amide bonds. The molecular formula is C17H22N2. The summed E-state index contributed by atoms with van der Waals surface area (Å²) in [5.74, 6) is 1.10. The van der Waals surface area contributed by atoms with E-state index in [-0.39, 0.29) is 0 Å². The number of hydrogen-bond donors (Lipinski definition) is 1.